The molecule has 1 atom stereocenters. The second-order valence-corrected chi connectivity index (χ2v) is 5.85. The standard InChI is InChI=1S/C16H27N3O2/c1-4-16(5-2)10-13(7-8-21-16)18-15(20)14-9-12(17)11-19(14)6-3/h9,11,13H,4-8,10,17H2,1-3H3,(H,18,20). The minimum atomic E-state index is -0.0814. The van der Waals surface area contributed by atoms with Crippen molar-refractivity contribution in [2.24, 2.45) is 0 Å². The Kier molecular flexibility index (Phi) is 4.93. The lowest BCUT2D eigenvalue weighted by Crippen LogP contribution is -2.48. The molecule has 2 rings (SSSR count). The van der Waals surface area contributed by atoms with Crippen LogP contribution in [0.2, 0.25) is 0 Å². The van der Waals surface area contributed by atoms with E-state index in [1.165, 1.54) is 0 Å². The number of ether oxygens (including phenoxy) is 1. The van der Waals surface area contributed by atoms with E-state index < -0.39 is 0 Å². The summed E-state index contributed by atoms with van der Waals surface area (Å²) in [5.74, 6) is -0.0402. The van der Waals surface area contributed by atoms with Gasteiger partial charge in [0.15, 0.2) is 0 Å². The zero-order valence-electron chi connectivity index (χ0n) is 13.3. The Morgan fingerprint density at radius 1 is 1.48 bits per heavy atom. The van der Waals surface area contributed by atoms with Gasteiger partial charge in [-0.3, -0.25) is 4.79 Å². The molecule has 0 radical (unpaired) electrons. The van der Waals surface area contributed by atoms with Crippen molar-refractivity contribution in [1.82, 2.24) is 9.88 Å². The third-order valence-electron chi connectivity index (χ3n) is 4.61. The molecular weight excluding hydrogens is 266 g/mol. The minimum absolute atomic E-state index is 0.0402. The third-order valence-corrected chi connectivity index (χ3v) is 4.61. The van der Waals surface area contributed by atoms with Crippen molar-refractivity contribution in [2.75, 3.05) is 12.3 Å². The van der Waals surface area contributed by atoms with Gasteiger partial charge in [0.2, 0.25) is 0 Å². The number of rotatable bonds is 5. The molecule has 21 heavy (non-hydrogen) atoms. The van der Waals surface area contributed by atoms with Gasteiger partial charge in [-0.15, -0.1) is 0 Å². The number of anilines is 1. The van der Waals surface area contributed by atoms with Gasteiger partial charge >= 0.3 is 0 Å². The number of nitrogens with zero attached hydrogens (tertiary/aromatic N) is 1. The summed E-state index contributed by atoms with van der Waals surface area (Å²) in [6, 6.07) is 1.91. The summed E-state index contributed by atoms with van der Waals surface area (Å²) in [4.78, 5) is 12.5. The topological polar surface area (TPSA) is 69.3 Å². The van der Waals surface area contributed by atoms with E-state index in [0.717, 1.165) is 32.2 Å². The summed E-state index contributed by atoms with van der Waals surface area (Å²) >= 11 is 0. The largest absolute Gasteiger partial charge is 0.397 e. The van der Waals surface area contributed by atoms with E-state index in [1.807, 2.05) is 11.5 Å². The fourth-order valence-electron chi connectivity index (χ4n) is 3.14. The molecule has 5 heteroatoms. The minimum Gasteiger partial charge on any atom is -0.397 e. The van der Waals surface area contributed by atoms with Gasteiger partial charge in [-0.25, -0.2) is 0 Å². The van der Waals surface area contributed by atoms with Crippen LogP contribution in [-0.2, 0) is 11.3 Å². The van der Waals surface area contributed by atoms with Crippen LogP contribution >= 0.6 is 0 Å². The molecule has 0 bridgehead atoms. The molecule has 2 heterocycles. The zero-order chi connectivity index (χ0) is 15.5. The quantitative estimate of drug-likeness (QED) is 0.876. The summed E-state index contributed by atoms with van der Waals surface area (Å²) in [5, 5.41) is 3.15. The summed E-state index contributed by atoms with van der Waals surface area (Å²) in [5.41, 5.74) is 6.98. The Bertz CT molecular complexity index is 492. The van der Waals surface area contributed by atoms with Gasteiger partial charge in [-0.05, 0) is 38.7 Å². The predicted molar refractivity (Wildman–Crippen MR) is 84.3 cm³/mol. The number of hydrogen-bond donors (Lipinski definition) is 2. The molecule has 5 nitrogen and oxygen atoms in total. The molecule has 0 saturated carbocycles. The van der Waals surface area contributed by atoms with Crippen molar-refractivity contribution in [2.45, 2.75) is 64.6 Å². The molecule has 118 valence electrons. The lowest BCUT2D eigenvalue weighted by molar-refractivity contribution is -0.0918. The van der Waals surface area contributed by atoms with Gasteiger partial charge in [0.1, 0.15) is 5.69 Å². The normalized spacial score (nSPS) is 21.2. The van der Waals surface area contributed by atoms with Crippen LogP contribution in [0.1, 0.15) is 56.9 Å². The van der Waals surface area contributed by atoms with E-state index in [1.54, 1.807) is 12.3 Å². The van der Waals surface area contributed by atoms with Crippen LogP contribution in [0.15, 0.2) is 12.3 Å². The smallest absolute Gasteiger partial charge is 0.268 e. The van der Waals surface area contributed by atoms with E-state index in [2.05, 4.69) is 19.2 Å². The first kappa shape index (κ1) is 15.9. The van der Waals surface area contributed by atoms with Crippen molar-refractivity contribution in [1.29, 1.82) is 0 Å². The van der Waals surface area contributed by atoms with Crippen LogP contribution < -0.4 is 11.1 Å². The second kappa shape index (κ2) is 6.52. The lowest BCUT2D eigenvalue weighted by Gasteiger charge is -2.40. The van der Waals surface area contributed by atoms with E-state index in [-0.39, 0.29) is 17.6 Å². The van der Waals surface area contributed by atoms with E-state index >= 15 is 0 Å². The van der Waals surface area contributed by atoms with Crippen LogP contribution in [0.3, 0.4) is 0 Å². The number of nitrogen functional groups attached to an aromatic ring is 1. The second-order valence-electron chi connectivity index (χ2n) is 5.85. The third kappa shape index (κ3) is 3.40. The number of hydrogen-bond acceptors (Lipinski definition) is 3. The predicted octanol–water partition coefficient (Wildman–Crippen LogP) is 2.56. The van der Waals surface area contributed by atoms with Crippen molar-refractivity contribution in [3.8, 4) is 0 Å². The number of carbonyl (C=O) groups is 1. The zero-order valence-corrected chi connectivity index (χ0v) is 13.3. The number of aryl methyl sites for hydroxylation is 1. The van der Waals surface area contributed by atoms with Crippen LogP contribution in [0.25, 0.3) is 0 Å². The maximum Gasteiger partial charge on any atom is 0.268 e. The molecule has 0 spiro atoms. The highest BCUT2D eigenvalue weighted by Crippen LogP contribution is 2.31. The molecule has 1 fully saturated rings. The van der Waals surface area contributed by atoms with Crippen molar-refractivity contribution in [3.05, 3.63) is 18.0 Å². The highest BCUT2D eigenvalue weighted by Gasteiger charge is 2.35. The van der Waals surface area contributed by atoms with Crippen LogP contribution in [-0.4, -0.2) is 28.7 Å². The summed E-state index contributed by atoms with van der Waals surface area (Å²) < 4.78 is 7.84. The average Bonchev–Trinajstić information content (AvgIpc) is 2.88. The molecular formula is C16H27N3O2. The molecule has 1 amide bonds. The first-order valence-corrected chi connectivity index (χ1v) is 7.94. The van der Waals surface area contributed by atoms with Crippen LogP contribution in [0.4, 0.5) is 5.69 Å². The highest BCUT2D eigenvalue weighted by atomic mass is 16.5. The number of nitrogens with two attached hydrogens (primary N) is 1. The summed E-state index contributed by atoms with van der Waals surface area (Å²) in [6.45, 7) is 7.75. The SMILES string of the molecule is CCn1cc(N)cc1C(=O)NC1CCOC(CC)(CC)C1. The highest BCUT2D eigenvalue weighted by molar-refractivity contribution is 5.94. The molecule has 1 saturated heterocycles. The van der Waals surface area contributed by atoms with Gasteiger partial charge in [0.25, 0.3) is 5.91 Å². The first-order valence-electron chi connectivity index (χ1n) is 7.94. The van der Waals surface area contributed by atoms with Crippen molar-refractivity contribution < 1.29 is 9.53 Å². The Labute approximate surface area is 126 Å². The van der Waals surface area contributed by atoms with E-state index in [0.29, 0.717) is 18.0 Å². The van der Waals surface area contributed by atoms with Crippen LogP contribution in [0.5, 0.6) is 0 Å². The van der Waals surface area contributed by atoms with Crippen LogP contribution in [0, 0.1) is 0 Å². The maximum atomic E-state index is 12.5. The molecule has 0 aliphatic carbocycles. The van der Waals surface area contributed by atoms with E-state index in [9.17, 15) is 4.79 Å². The van der Waals surface area contributed by atoms with Crippen molar-refractivity contribution >= 4 is 11.6 Å². The number of carbonyl (C=O) groups excluding carboxylic acids is 1. The Hall–Kier alpha value is -1.49. The summed E-state index contributed by atoms with van der Waals surface area (Å²) in [7, 11) is 0. The van der Waals surface area contributed by atoms with Gasteiger partial charge in [0.05, 0.1) is 11.3 Å². The molecule has 1 aromatic rings. The number of amides is 1. The van der Waals surface area contributed by atoms with Crippen molar-refractivity contribution in [3.63, 3.8) is 0 Å². The fourth-order valence-corrected chi connectivity index (χ4v) is 3.14. The Morgan fingerprint density at radius 3 is 2.81 bits per heavy atom. The number of aromatic nitrogens is 1. The molecule has 1 aliphatic heterocycles. The Balaban J connectivity index is 2.05. The fraction of sp³-hybridized carbons (Fsp3) is 0.688. The van der Waals surface area contributed by atoms with Gasteiger partial charge in [-0.1, -0.05) is 13.8 Å². The lowest BCUT2D eigenvalue weighted by atomic mass is 9.86. The van der Waals surface area contributed by atoms with Gasteiger partial charge in [-0.2, -0.15) is 0 Å². The average molecular weight is 293 g/mol. The van der Waals surface area contributed by atoms with Gasteiger partial charge < -0.3 is 20.4 Å². The number of nitrogens with one attached hydrogen (secondary N) is 1. The molecule has 1 unspecified atom stereocenters. The molecule has 3 N–H and O–H groups in total. The molecule has 0 aromatic carbocycles. The monoisotopic (exact) mass is 293 g/mol. The molecule has 1 aliphatic rings. The maximum absolute atomic E-state index is 12.5. The Morgan fingerprint density at radius 2 is 2.19 bits per heavy atom. The molecule has 1 aromatic heterocycles. The first-order chi connectivity index (χ1) is 10.0. The van der Waals surface area contributed by atoms with Gasteiger partial charge in [0, 0.05) is 25.4 Å². The van der Waals surface area contributed by atoms with E-state index in [4.69, 9.17) is 10.5 Å². The summed E-state index contributed by atoms with van der Waals surface area (Å²) in [6.07, 6.45) is 5.52.